The van der Waals surface area contributed by atoms with Gasteiger partial charge in [0.05, 0.1) is 6.42 Å². The fraction of sp³-hybridized carbons (Fsp3) is 0.333. The Balaban J connectivity index is 2.33. The van der Waals surface area contributed by atoms with Gasteiger partial charge in [-0.2, -0.15) is 0 Å². The summed E-state index contributed by atoms with van der Waals surface area (Å²) in [7, 11) is 0. The molecule has 5 nitrogen and oxygen atoms in total. The number of carboxylic acid groups (broad SMARTS) is 1. The highest BCUT2D eigenvalue weighted by Crippen LogP contribution is 2.24. The number of aliphatic carboxylic acids is 1. The number of aliphatic imine (C=N–C) groups is 1. The van der Waals surface area contributed by atoms with E-state index < -0.39 is 23.6 Å². The number of allylic oxidation sites excluding steroid dienone is 1. The van der Waals surface area contributed by atoms with E-state index in [2.05, 4.69) is 4.99 Å². The SMILES string of the molecule is O=C1C=C2CC(C(=O)O)N=C2CC1=O. The van der Waals surface area contributed by atoms with E-state index in [1.165, 1.54) is 6.08 Å². The van der Waals surface area contributed by atoms with Crippen LogP contribution in [0.5, 0.6) is 0 Å². The minimum Gasteiger partial charge on any atom is -0.480 e. The van der Waals surface area contributed by atoms with Crippen LogP contribution in [0.25, 0.3) is 0 Å². The van der Waals surface area contributed by atoms with Gasteiger partial charge in [-0.05, 0) is 11.6 Å². The molecule has 0 aromatic carbocycles. The third kappa shape index (κ3) is 1.26. The first-order valence-electron chi connectivity index (χ1n) is 4.15. The number of hydrogen-bond acceptors (Lipinski definition) is 4. The molecule has 1 N–H and O–H groups in total. The van der Waals surface area contributed by atoms with Crippen LogP contribution in [-0.2, 0) is 14.4 Å². The fourth-order valence-corrected chi connectivity index (χ4v) is 1.56. The molecule has 72 valence electrons. The van der Waals surface area contributed by atoms with Crippen molar-refractivity contribution in [3.05, 3.63) is 11.6 Å². The van der Waals surface area contributed by atoms with Gasteiger partial charge in [-0.15, -0.1) is 0 Å². The van der Waals surface area contributed by atoms with Crippen molar-refractivity contribution in [3.63, 3.8) is 0 Å². The third-order valence-corrected chi connectivity index (χ3v) is 2.29. The normalized spacial score (nSPS) is 25.6. The number of hydrogen-bond donors (Lipinski definition) is 1. The van der Waals surface area contributed by atoms with E-state index in [9.17, 15) is 14.4 Å². The topological polar surface area (TPSA) is 83.8 Å². The molecule has 5 heteroatoms. The van der Waals surface area contributed by atoms with Crippen molar-refractivity contribution in [2.24, 2.45) is 4.99 Å². The van der Waals surface area contributed by atoms with Crippen LogP contribution in [0.1, 0.15) is 12.8 Å². The van der Waals surface area contributed by atoms with E-state index in [4.69, 9.17) is 5.11 Å². The van der Waals surface area contributed by atoms with Crippen molar-refractivity contribution in [2.75, 3.05) is 0 Å². The summed E-state index contributed by atoms with van der Waals surface area (Å²) in [6.07, 6.45) is 1.38. The predicted octanol–water partition coefficient (Wildman–Crippen LogP) is -0.247. The van der Waals surface area contributed by atoms with E-state index in [1.54, 1.807) is 0 Å². The number of carbonyl (C=O) groups excluding carboxylic acids is 2. The molecule has 14 heavy (non-hydrogen) atoms. The number of Topliss-reactive ketones (excluding diaryl/α,β-unsaturated/α-hetero) is 1. The van der Waals surface area contributed by atoms with Gasteiger partial charge in [0.25, 0.3) is 0 Å². The Morgan fingerprint density at radius 2 is 2.21 bits per heavy atom. The lowest BCUT2D eigenvalue weighted by molar-refractivity contribution is -0.138. The molecule has 1 atom stereocenters. The number of fused-ring (bicyclic) bond motifs is 1. The van der Waals surface area contributed by atoms with Crippen molar-refractivity contribution >= 4 is 23.2 Å². The average Bonchev–Trinajstić information content (AvgIpc) is 2.48. The lowest BCUT2D eigenvalue weighted by Crippen LogP contribution is -2.21. The molecule has 2 aliphatic rings. The summed E-state index contributed by atoms with van der Waals surface area (Å²) in [5.41, 5.74) is 1.06. The summed E-state index contributed by atoms with van der Waals surface area (Å²) in [5.74, 6) is -2.09. The molecule has 0 bridgehead atoms. The maximum Gasteiger partial charge on any atom is 0.328 e. The zero-order valence-electron chi connectivity index (χ0n) is 7.19. The summed E-state index contributed by atoms with van der Waals surface area (Å²) in [5, 5.41) is 8.69. The van der Waals surface area contributed by atoms with Gasteiger partial charge < -0.3 is 5.11 Å². The van der Waals surface area contributed by atoms with Gasteiger partial charge in [0.15, 0.2) is 6.04 Å². The van der Waals surface area contributed by atoms with Gasteiger partial charge in [0.2, 0.25) is 11.6 Å². The number of carbonyl (C=O) groups is 3. The molecule has 0 saturated carbocycles. The lowest BCUT2D eigenvalue weighted by Gasteiger charge is -2.06. The van der Waals surface area contributed by atoms with Crippen molar-refractivity contribution < 1.29 is 19.5 Å². The van der Waals surface area contributed by atoms with Crippen LogP contribution >= 0.6 is 0 Å². The second kappa shape index (κ2) is 2.87. The Morgan fingerprint density at radius 1 is 1.50 bits per heavy atom. The molecular weight excluding hydrogens is 186 g/mol. The van der Waals surface area contributed by atoms with Crippen LogP contribution in [0.2, 0.25) is 0 Å². The van der Waals surface area contributed by atoms with Gasteiger partial charge >= 0.3 is 5.97 Å². The molecule has 2 rings (SSSR count). The standard InChI is InChI=1S/C9H7NO4/c11-7-2-4-1-6(9(13)14)10-5(4)3-8(7)12/h2,6H,1,3H2,(H,13,14). The predicted molar refractivity (Wildman–Crippen MR) is 46.2 cm³/mol. The Kier molecular flexibility index (Phi) is 1.80. The van der Waals surface area contributed by atoms with Crippen molar-refractivity contribution in [2.45, 2.75) is 18.9 Å². The van der Waals surface area contributed by atoms with Gasteiger partial charge in [-0.3, -0.25) is 14.6 Å². The smallest absolute Gasteiger partial charge is 0.328 e. The molecule has 1 aliphatic heterocycles. The molecule has 0 aromatic heterocycles. The van der Waals surface area contributed by atoms with Crippen LogP contribution in [0, 0.1) is 0 Å². The molecule has 0 amide bonds. The van der Waals surface area contributed by atoms with E-state index in [-0.39, 0.29) is 12.8 Å². The first-order chi connectivity index (χ1) is 6.58. The molecule has 1 unspecified atom stereocenters. The Hall–Kier alpha value is -1.78. The van der Waals surface area contributed by atoms with Gasteiger partial charge in [-0.1, -0.05) is 0 Å². The molecule has 0 saturated heterocycles. The lowest BCUT2D eigenvalue weighted by atomic mass is 9.94. The average molecular weight is 193 g/mol. The molecule has 1 aliphatic carbocycles. The van der Waals surface area contributed by atoms with Gasteiger partial charge in [0.1, 0.15) is 0 Å². The Bertz CT molecular complexity index is 405. The fourth-order valence-electron chi connectivity index (χ4n) is 1.56. The second-order valence-corrected chi connectivity index (χ2v) is 3.27. The van der Waals surface area contributed by atoms with Crippen LogP contribution in [0.15, 0.2) is 16.6 Å². The maximum absolute atomic E-state index is 11.0. The van der Waals surface area contributed by atoms with Crippen molar-refractivity contribution in [1.29, 1.82) is 0 Å². The second-order valence-electron chi connectivity index (χ2n) is 3.27. The molecule has 1 heterocycles. The highest BCUT2D eigenvalue weighted by molar-refractivity contribution is 6.48. The molecule has 0 spiro atoms. The summed E-state index contributed by atoms with van der Waals surface area (Å²) in [4.78, 5) is 36.4. The van der Waals surface area contributed by atoms with Crippen LogP contribution in [0.3, 0.4) is 0 Å². The number of carboxylic acids is 1. The summed E-state index contributed by atoms with van der Waals surface area (Å²) < 4.78 is 0. The maximum atomic E-state index is 11.0. The number of nitrogens with zero attached hydrogens (tertiary/aromatic N) is 1. The van der Waals surface area contributed by atoms with E-state index >= 15 is 0 Å². The molecule has 0 radical (unpaired) electrons. The Labute approximate surface area is 79.1 Å². The quantitative estimate of drug-likeness (QED) is 0.582. The zero-order chi connectivity index (χ0) is 10.3. The van der Waals surface area contributed by atoms with E-state index in [0.717, 1.165) is 0 Å². The highest BCUT2D eigenvalue weighted by atomic mass is 16.4. The summed E-state index contributed by atoms with van der Waals surface area (Å²) in [6.45, 7) is 0. The highest BCUT2D eigenvalue weighted by Gasteiger charge is 2.33. The van der Waals surface area contributed by atoms with Crippen molar-refractivity contribution in [3.8, 4) is 0 Å². The van der Waals surface area contributed by atoms with Gasteiger partial charge in [0, 0.05) is 12.1 Å². The largest absolute Gasteiger partial charge is 0.480 e. The first-order valence-corrected chi connectivity index (χ1v) is 4.15. The van der Waals surface area contributed by atoms with E-state index in [1.807, 2.05) is 0 Å². The summed E-state index contributed by atoms with van der Waals surface area (Å²) in [6, 6.07) is -0.824. The molecule has 0 fully saturated rings. The monoisotopic (exact) mass is 193 g/mol. The number of rotatable bonds is 1. The van der Waals surface area contributed by atoms with Gasteiger partial charge in [-0.25, -0.2) is 4.79 Å². The minimum atomic E-state index is -1.02. The molecule has 0 aromatic rings. The minimum absolute atomic E-state index is 0.0472. The molecular formula is C9H7NO4. The van der Waals surface area contributed by atoms with E-state index in [0.29, 0.717) is 11.3 Å². The zero-order valence-corrected chi connectivity index (χ0v) is 7.19. The first kappa shape index (κ1) is 8.80. The van der Waals surface area contributed by atoms with Crippen LogP contribution < -0.4 is 0 Å². The third-order valence-electron chi connectivity index (χ3n) is 2.29. The number of ketones is 2. The van der Waals surface area contributed by atoms with Crippen LogP contribution in [0.4, 0.5) is 0 Å². The Morgan fingerprint density at radius 3 is 2.86 bits per heavy atom. The van der Waals surface area contributed by atoms with Crippen LogP contribution in [-0.4, -0.2) is 34.4 Å². The summed E-state index contributed by atoms with van der Waals surface area (Å²) >= 11 is 0. The van der Waals surface area contributed by atoms with Crippen molar-refractivity contribution in [1.82, 2.24) is 0 Å².